The van der Waals surface area contributed by atoms with Gasteiger partial charge in [-0.25, -0.2) is 4.39 Å². The predicted octanol–water partition coefficient (Wildman–Crippen LogP) is 2.17. The number of nitro groups is 1. The van der Waals surface area contributed by atoms with Crippen molar-refractivity contribution in [2.75, 3.05) is 46.4 Å². The Morgan fingerprint density at radius 1 is 1.30 bits per heavy atom. The molecule has 0 aromatic rings. The summed E-state index contributed by atoms with van der Waals surface area (Å²) in [5.74, 6) is -0.125. The molecule has 180 valence electrons. The Hall–Kier alpha value is -3.01. The Bertz CT molecular complexity index is 905. The first kappa shape index (κ1) is 24.6. The summed E-state index contributed by atoms with van der Waals surface area (Å²) in [5.41, 5.74) is -0.879. The Morgan fingerprint density at radius 3 is 2.61 bits per heavy atom. The van der Waals surface area contributed by atoms with Gasteiger partial charge in [0.25, 0.3) is 5.70 Å². The number of amides is 2. The summed E-state index contributed by atoms with van der Waals surface area (Å²) in [6, 6.07) is 0. The highest BCUT2D eigenvalue weighted by molar-refractivity contribution is 5.85. The standard InChI is InChI=1S/C23H31FN4O5/c1-23(8-5-18(6-9-23)28(31)32)22(30)25-10-7-21(29)27-13-11-26(12-14-27)16-17-3-4-20(33-2)19(24)15-17/h3-6,8,17H,7,9-16H2,1-2H3,(H,25,30). The lowest BCUT2D eigenvalue weighted by molar-refractivity contribution is -0.419. The van der Waals surface area contributed by atoms with Gasteiger partial charge in [0.1, 0.15) is 11.6 Å². The lowest BCUT2D eigenvalue weighted by atomic mass is 9.82. The number of nitrogens with zero attached hydrogens (tertiary/aromatic N) is 3. The molecule has 0 bridgehead atoms. The second kappa shape index (κ2) is 10.7. The van der Waals surface area contributed by atoms with Crippen LogP contribution in [0, 0.1) is 21.4 Å². The summed E-state index contributed by atoms with van der Waals surface area (Å²) in [6.07, 6.45) is 8.74. The highest BCUT2D eigenvalue weighted by Gasteiger charge is 2.33. The smallest absolute Gasteiger partial charge is 0.265 e. The summed E-state index contributed by atoms with van der Waals surface area (Å²) in [7, 11) is 1.46. The van der Waals surface area contributed by atoms with E-state index in [4.69, 9.17) is 4.74 Å². The minimum absolute atomic E-state index is 0.0181. The van der Waals surface area contributed by atoms with Crippen molar-refractivity contribution in [2.24, 2.45) is 11.3 Å². The maximum atomic E-state index is 14.0. The number of methoxy groups -OCH3 is 1. The fourth-order valence-electron chi connectivity index (χ4n) is 4.20. The van der Waals surface area contributed by atoms with Crippen LogP contribution >= 0.6 is 0 Å². The van der Waals surface area contributed by atoms with Crippen molar-refractivity contribution < 1.29 is 23.6 Å². The molecule has 0 saturated carbocycles. The Kier molecular flexibility index (Phi) is 8.01. The number of carbonyl (C=O) groups is 2. The number of halogens is 1. The van der Waals surface area contributed by atoms with E-state index < -0.39 is 10.3 Å². The number of ether oxygens (including phenoxy) is 1. The van der Waals surface area contributed by atoms with E-state index in [-0.39, 0.29) is 48.6 Å². The molecule has 33 heavy (non-hydrogen) atoms. The average molecular weight is 463 g/mol. The number of hydrogen-bond acceptors (Lipinski definition) is 6. The topological polar surface area (TPSA) is 105 Å². The van der Waals surface area contributed by atoms with Crippen LogP contribution in [0.5, 0.6) is 0 Å². The van der Waals surface area contributed by atoms with E-state index in [0.717, 1.165) is 19.6 Å². The molecule has 1 saturated heterocycles. The zero-order chi connectivity index (χ0) is 24.0. The molecule has 0 aromatic carbocycles. The van der Waals surface area contributed by atoms with E-state index >= 15 is 0 Å². The van der Waals surface area contributed by atoms with Crippen molar-refractivity contribution in [1.29, 1.82) is 0 Å². The zero-order valence-electron chi connectivity index (χ0n) is 19.1. The second-order valence-corrected chi connectivity index (χ2v) is 8.82. The number of allylic oxidation sites excluding steroid dienone is 4. The number of piperazine rings is 1. The van der Waals surface area contributed by atoms with Gasteiger partial charge in [0.05, 0.1) is 17.4 Å². The van der Waals surface area contributed by atoms with Crippen molar-refractivity contribution in [3.05, 3.63) is 57.8 Å². The molecule has 0 aromatic heterocycles. The molecule has 10 heteroatoms. The number of carbonyl (C=O) groups excluding carboxylic acids is 2. The van der Waals surface area contributed by atoms with Crippen LogP contribution in [0.15, 0.2) is 47.7 Å². The lowest BCUT2D eigenvalue weighted by Crippen LogP contribution is -2.50. The van der Waals surface area contributed by atoms with E-state index in [0.29, 0.717) is 25.3 Å². The molecule has 1 N–H and O–H groups in total. The van der Waals surface area contributed by atoms with Gasteiger partial charge in [-0.1, -0.05) is 12.2 Å². The lowest BCUT2D eigenvalue weighted by Gasteiger charge is -2.36. The van der Waals surface area contributed by atoms with Crippen molar-refractivity contribution in [2.45, 2.75) is 26.2 Å². The van der Waals surface area contributed by atoms with E-state index in [9.17, 15) is 24.1 Å². The van der Waals surface area contributed by atoms with Crippen LogP contribution in [0.1, 0.15) is 26.2 Å². The monoisotopic (exact) mass is 462 g/mol. The van der Waals surface area contributed by atoms with Gasteiger partial charge >= 0.3 is 0 Å². The molecule has 1 fully saturated rings. The highest BCUT2D eigenvalue weighted by atomic mass is 19.1. The van der Waals surface area contributed by atoms with Crippen molar-refractivity contribution in [3.8, 4) is 0 Å². The highest BCUT2D eigenvalue weighted by Crippen LogP contribution is 2.30. The Morgan fingerprint density at radius 2 is 2.03 bits per heavy atom. The summed E-state index contributed by atoms with van der Waals surface area (Å²) in [5, 5.41) is 13.6. The molecular formula is C23H31FN4O5. The summed E-state index contributed by atoms with van der Waals surface area (Å²) < 4.78 is 18.9. The molecule has 1 aliphatic heterocycles. The molecular weight excluding hydrogens is 431 g/mol. The quantitative estimate of drug-likeness (QED) is 0.438. The predicted molar refractivity (Wildman–Crippen MR) is 120 cm³/mol. The third-order valence-electron chi connectivity index (χ3n) is 6.38. The van der Waals surface area contributed by atoms with Crippen LogP contribution in [0.3, 0.4) is 0 Å². The van der Waals surface area contributed by atoms with Crippen molar-refractivity contribution >= 4 is 11.8 Å². The van der Waals surface area contributed by atoms with Gasteiger partial charge in [-0.15, -0.1) is 0 Å². The van der Waals surface area contributed by atoms with Gasteiger partial charge in [-0.2, -0.15) is 0 Å². The number of rotatable bonds is 8. The first-order valence-corrected chi connectivity index (χ1v) is 11.1. The van der Waals surface area contributed by atoms with Crippen LogP contribution in [0.2, 0.25) is 0 Å². The SMILES string of the molecule is COC1=C(F)CC(CN2CCN(C(=O)CCNC(=O)C3(C)C=CC([N+](=O)[O-])=CC3)CC2)C=C1. The Balaban J connectivity index is 1.36. The summed E-state index contributed by atoms with van der Waals surface area (Å²) >= 11 is 0. The van der Waals surface area contributed by atoms with Crippen LogP contribution in [-0.2, 0) is 14.3 Å². The normalized spacial score (nSPS) is 25.6. The van der Waals surface area contributed by atoms with E-state index in [1.165, 1.54) is 19.3 Å². The number of nitrogens with one attached hydrogen (secondary N) is 1. The maximum Gasteiger partial charge on any atom is 0.265 e. The molecule has 2 amide bonds. The van der Waals surface area contributed by atoms with E-state index in [2.05, 4.69) is 10.2 Å². The zero-order valence-corrected chi connectivity index (χ0v) is 19.1. The second-order valence-electron chi connectivity index (χ2n) is 8.82. The van der Waals surface area contributed by atoms with Crippen LogP contribution in [0.4, 0.5) is 4.39 Å². The molecule has 3 rings (SSSR count). The summed E-state index contributed by atoms with van der Waals surface area (Å²) in [4.78, 5) is 39.4. The minimum atomic E-state index is -0.861. The third-order valence-corrected chi connectivity index (χ3v) is 6.38. The van der Waals surface area contributed by atoms with Crippen molar-refractivity contribution in [3.63, 3.8) is 0 Å². The fourth-order valence-corrected chi connectivity index (χ4v) is 4.20. The molecule has 2 unspecified atom stereocenters. The molecule has 3 aliphatic rings. The van der Waals surface area contributed by atoms with Crippen LogP contribution in [-0.4, -0.2) is 72.9 Å². The molecule has 9 nitrogen and oxygen atoms in total. The van der Waals surface area contributed by atoms with Gasteiger partial charge in [-0.05, 0) is 31.4 Å². The first-order chi connectivity index (χ1) is 15.7. The van der Waals surface area contributed by atoms with E-state index in [1.54, 1.807) is 24.0 Å². The van der Waals surface area contributed by atoms with Gasteiger partial charge in [0.15, 0.2) is 0 Å². The minimum Gasteiger partial charge on any atom is -0.494 e. The molecule has 2 atom stereocenters. The maximum absolute atomic E-state index is 14.0. The molecule has 1 heterocycles. The van der Waals surface area contributed by atoms with Crippen LogP contribution in [0.25, 0.3) is 0 Å². The largest absolute Gasteiger partial charge is 0.494 e. The van der Waals surface area contributed by atoms with Gasteiger partial charge in [-0.3, -0.25) is 24.6 Å². The third kappa shape index (κ3) is 6.28. The van der Waals surface area contributed by atoms with Gasteiger partial charge in [0.2, 0.25) is 11.8 Å². The number of hydrogen-bond donors (Lipinski definition) is 1. The molecule has 2 aliphatic carbocycles. The van der Waals surface area contributed by atoms with Crippen molar-refractivity contribution in [1.82, 2.24) is 15.1 Å². The fraction of sp³-hybridized carbons (Fsp3) is 0.565. The van der Waals surface area contributed by atoms with Gasteiger partial charge < -0.3 is 15.0 Å². The average Bonchev–Trinajstić information content (AvgIpc) is 2.80. The Labute approximate surface area is 192 Å². The van der Waals surface area contributed by atoms with E-state index in [1.807, 2.05) is 6.08 Å². The summed E-state index contributed by atoms with van der Waals surface area (Å²) in [6.45, 7) is 5.30. The first-order valence-electron chi connectivity index (χ1n) is 11.1. The molecule has 0 radical (unpaired) electrons. The molecule has 0 spiro atoms. The van der Waals surface area contributed by atoms with Gasteiger partial charge in [0, 0.05) is 58.2 Å². The van der Waals surface area contributed by atoms with Crippen LogP contribution < -0.4 is 5.32 Å².